The summed E-state index contributed by atoms with van der Waals surface area (Å²) in [5.74, 6) is -0.0270. The SMILES string of the molecule is [B]NC(=O)C1CCCCN1CCCC. The molecule has 0 spiro atoms. The van der Waals surface area contributed by atoms with E-state index >= 15 is 0 Å². The van der Waals surface area contributed by atoms with Crippen molar-refractivity contribution in [3.8, 4) is 0 Å². The molecule has 1 fully saturated rings. The Labute approximate surface area is 87.7 Å². The third-order valence-corrected chi connectivity index (χ3v) is 2.86. The fourth-order valence-electron chi connectivity index (χ4n) is 2.01. The summed E-state index contributed by atoms with van der Waals surface area (Å²) in [6, 6.07) is 0.0142. The van der Waals surface area contributed by atoms with Crippen LogP contribution in [-0.4, -0.2) is 37.9 Å². The zero-order valence-corrected chi connectivity index (χ0v) is 8.96. The molecular formula is C10H19BN2O. The molecule has 78 valence electrons. The molecule has 1 atom stereocenters. The lowest BCUT2D eigenvalue weighted by Gasteiger charge is -2.34. The summed E-state index contributed by atoms with van der Waals surface area (Å²) < 4.78 is 0. The lowest BCUT2D eigenvalue weighted by molar-refractivity contribution is -0.125. The zero-order valence-electron chi connectivity index (χ0n) is 8.96. The summed E-state index contributed by atoms with van der Waals surface area (Å²) in [7, 11) is 5.17. The number of hydrogen-bond acceptors (Lipinski definition) is 2. The molecule has 1 amide bonds. The minimum Gasteiger partial charge on any atom is -0.408 e. The standard InChI is InChI=1S/C10H19BN2O/c1-2-3-7-13-8-5-4-6-9(13)10(14)12-11/h9H,2-8H2,1H3,(H,12,14). The van der Waals surface area contributed by atoms with Gasteiger partial charge in [-0.2, -0.15) is 0 Å². The molecule has 3 nitrogen and oxygen atoms in total. The normalized spacial score (nSPS) is 23.4. The molecule has 0 bridgehead atoms. The second kappa shape index (κ2) is 6.07. The Balaban J connectivity index is 2.45. The van der Waals surface area contributed by atoms with Crippen LogP contribution >= 0.6 is 0 Å². The second-order valence-corrected chi connectivity index (χ2v) is 3.91. The summed E-state index contributed by atoms with van der Waals surface area (Å²) in [5.41, 5.74) is 0. The molecule has 1 aliphatic rings. The van der Waals surface area contributed by atoms with Gasteiger partial charge in [0.25, 0.3) is 0 Å². The van der Waals surface area contributed by atoms with Crippen LogP contribution in [0.3, 0.4) is 0 Å². The summed E-state index contributed by atoms with van der Waals surface area (Å²) in [6.45, 7) is 4.23. The number of hydrogen-bond donors (Lipinski definition) is 1. The molecule has 1 aliphatic heterocycles. The van der Waals surface area contributed by atoms with Crippen molar-refractivity contribution in [3.05, 3.63) is 0 Å². The smallest absolute Gasteiger partial charge is 0.226 e. The lowest BCUT2D eigenvalue weighted by atomic mass is 10.0. The van der Waals surface area contributed by atoms with Crippen molar-refractivity contribution in [2.24, 2.45) is 0 Å². The van der Waals surface area contributed by atoms with E-state index in [1.807, 2.05) is 0 Å². The monoisotopic (exact) mass is 194 g/mol. The maximum absolute atomic E-state index is 11.5. The Morgan fingerprint density at radius 1 is 1.57 bits per heavy atom. The fraction of sp³-hybridized carbons (Fsp3) is 0.900. The van der Waals surface area contributed by atoms with E-state index < -0.39 is 0 Å². The van der Waals surface area contributed by atoms with Gasteiger partial charge in [0.15, 0.2) is 0 Å². The number of carbonyl (C=O) groups is 1. The highest BCUT2D eigenvalue weighted by atomic mass is 16.2. The van der Waals surface area contributed by atoms with Gasteiger partial charge in [-0.15, -0.1) is 0 Å². The van der Waals surface area contributed by atoms with E-state index in [1.54, 1.807) is 0 Å². The number of likely N-dealkylation sites (tertiary alicyclic amines) is 1. The van der Waals surface area contributed by atoms with Crippen molar-refractivity contribution < 1.29 is 4.79 Å². The van der Waals surface area contributed by atoms with Gasteiger partial charge in [-0.3, -0.25) is 9.69 Å². The Morgan fingerprint density at radius 3 is 3.00 bits per heavy atom. The molecule has 0 saturated carbocycles. The molecule has 4 heteroatoms. The van der Waals surface area contributed by atoms with Crippen LogP contribution < -0.4 is 5.23 Å². The van der Waals surface area contributed by atoms with Crippen LogP contribution in [0.1, 0.15) is 39.0 Å². The predicted octanol–water partition coefficient (Wildman–Crippen LogP) is 0.841. The van der Waals surface area contributed by atoms with Gasteiger partial charge in [0.2, 0.25) is 13.9 Å². The molecule has 2 radical (unpaired) electrons. The first kappa shape index (κ1) is 11.6. The predicted molar refractivity (Wildman–Crippen MR) is 58.0 cm³/mol. The molecular weight excluding hydrogens is 175 g/mol. The average Bonchev–Trinajstić information content (AvgIpc) is 2.25. The van der Waals surface area contributed by atoms with Crippen molar-refractivity contribution in [1.29, 1.82) is 0 Å². The van der Waals surface area contributed by atoms with Gasteiger partial charge in [0.05, 0.1) is 6.04 Å². The van der Waals surface area contributed by atoms with E-state index in [9.17, 15) is 4.79 Å². The Kier molecular flexibility index (Phi) is 5.01. The zero-order chi connectivity index (χ0) is 10.4. The largest absolute Gasteiger partial charge is 0.408 e. The van der Waals surface area contributed by atoms with Gasteiger partial charge in [0.1, 0.15) is 0 Å². The van der Waals surface area contributed by atoms with Gasteiger partial charge in [-0.25, -0.2) is 0 Å². The highest BCUT2D eigenvalue weighted by Gasteiger charge is 2.26. The summed E-state index contributed by atoms with van der Waals surface area (Å²) in [4.78, 5) is 13.7. The van der Waals surface area contributed by atoms with E-state index in [2.05, 4.69) is 17.1 Å². The van der Waals surface area contributed by atoms with Crippen LogP contribution in [0.4, 0.5) is 0 Å². The van der Waals surface area contributed by atoms with Crippen LogP contribution in [-0.2, 0) is 4.79 Å². The first-order chi connectivity index (χ1) is 6.79. The molecule has 0 aliphatic carbocycles. The van der Waals surface area contributed by atoms with Crippen LogP contribution in [0.25, 0.3) is 0 Å². The van der Waals surface area contributed by atoms with Gasteiger partial charge < -0.3 is 5.23 Å². The molecule has 0 aromatic carbocycles. The number of nitrogens with zero attached hydrogens (tertiary/aromatic N) is 1. The van der Waals surface area contributed by atoms with E-state index in [-0.39, 0.29) is 11.9 Å². The van der Waals surface area contributed by atoms with Crippen molar-refractivity contribution in [2.75, 3.05) is 13.1 Å². The second-order valence-electron chi connectivity index (χ2n) is 3.91. The summed E-state index contributed by atoms with van der Waals surface area (Å²) in [5, 5.41) is 2.26. The molecule has 1 saturated heterocycles. The van der Waals surface area contributed by atoms with E-state index in [0.29, 0.717) is 0 Å². The molecule has 14 heavy (non-hydrogen) atoms. The number of unbranched alkanes of at least 4 members (excludes halogenated alkanes) is 1. The number of carbonyl (C=O) groups excluding carboxylic acids is 1. The minimum atomic E-state index is -0.0270. The first-order valence-corrected chi connectivity index (χ1v) is 5.54. The third-order valence-electron chi connectivity index (χ3n) is 2.86. The van der Waals surface area contributed by atoms with Crippen LogP contribution in [0.2, 0.25) is 0 Å². The fourth-order valence-corrected chi connectivity index (χ4v) is 2.01. The summed E-state index contributed by atoms with van der Waals surface area (Å²) in [6.07, 6.45) is 5.63. The average molecular weight is 194 g/mol. The highest BCUT2D eigenvalue weighted by Crippen LogP contribution is 2.17. The van der Waals surface area contributed by atoms with Gasteiger partial charge in [0, 0.05) is 0 Å². The van der Waals surface area contributed by atoms with Crippen LogP contribution in [0, 0.1) is 0 Å². The van der Waals surface area contributed by atoms with Gasteiger partial charge in [-0.05, 0) is 32.4 Å². The Hall–Kier alpha value is -0.505. The third kappa shape index (κ3) is 3.01. The van der Waals surface area contributed by atoms with Crippen molar-refractivity contribution in [2.45, 2.75) is 45.1 Å². The molecule has 1 rings (SSSR count). The van der Waals surface area contributed by atoms with Crippen molar-refractivity contribution in [1.82, 2.24) is 10.1 Å². The Morgan fingerprint density at radius 2 is 2.36 bits per heavy atom. The maximum atomic E-state index is 11.5. The van der Waals surface area contributed by atoms with Gasteiger partial charge in [-0.1, -0.05) is 19.8 Å². The first-order valence-electron chi connectivity index (χ1n) is 5.54. The van der Waals surface area contributed by atoms with E-state index in [4.69, 9.17) is 7.98 Å². The van der Waals surface area contributed by atoms with Gasteiger partial charge >= 0.3 is 0 Å². The lowest BCUT2D eigenvalue weighted by Crippen LogP contribution is -2.49. The topological polar surface area (TPSA) is 32.3 Å². The van der Waals surface area contributed by atoms with E-state index in [0.717, 1.165) is 32.4 Å². The summed E-state index contributed by atoms with van der Waals surface area (Å²) >= 11 is 0. The minimum absolute atomic E-state index is 0.0142. The molecule has 1 N–H and O–H groups in total. The molecule has 0 aromatic heterocycles. The number of piperidine rings is 1. The number of amides is 1. The highest BCUT2D eigenvalue weighted by molar-refractivity contribution is 6.15. The molecule has 1 heterocycles. The maximum Gasteiger partial charge on any atom is 0.226 e. The van der Waals surface area contributed by atoms with E-state index in [1.165, 1.54) is 12.8 Å². The number of nitrogens with one attached hydrogen (secondary N) is 1. The van der Waals surface area contributed by atoms with Crippen LogP contribution in [0.15, 0.2) is 0 Å². The molecule has 0 aromatic rings. The Bertz CT molecular complexity index is 187. The quantitative estimate of drug-likeness (QED) is 0.672. The molecule has 1 unspecified atom stereocenters. The van der Waals surface area contributed by atoms with Crippen molar-refractivity contribution >= 4 is 13.9 Å². The van der Waals surface area contributed by atoms with Crippen molar-refractivity contribution in [3.63, 3.8) is 0 Å². The number of rotatable bonds is 4. The van der Waals surface area contributed by atoms with Crippen LogP contribution in [0.5, 0.6) is 0 Å².